The number of ether oxygens (including phenoxy) is 2. The molecule has 4 N–H and O–H groups in total. The first-order valence-corrected chi connectivity index (χ1v) is 20.0. The first-order chi connectivity index (χ1) is 27.0. The molecule has 4 atom stereocenters. The highest BCUT2D eigenvalue weighted by molar-refractivity contribution is 7.17. The van der Waals surface area contributed by atoms with Gasteiger partial charge in [-0.05, 0) is 61.3 Å². The van der Waals surface area contributed by atoms with E-state index in [0.29, 0.717) is 13.1 Å². The highest BCUT2D eigenvalue weighted by Crippen LogP contribution is 2.38. The number of H-pyrrole nitrogens is 2. The van der Waals surface area contributed by atoms with Crippen molar-refractivity contribution < 1.29 is 28.7 Å². The summed E-state index contributed by atoms with van der Waals surface area (Å²) in [4.78, 5) is 72.2. The van der Waals surface area contributed by atoms with Gasteiger partial charge in [-0.25, -0.2) is 19.6 Å². The average molecular weight is 784 g/mol. The average Bonchev–Trinajstić information content (AvgIpc) is 4.04. The molecule has 56 heavy (non-hydrogen) atoms. The van der Waals surface area contributed by atoms with Crippen molar-refractivity contribution in [1.29, 1.82) is 0 Å². The van der Waals surface area contributed by atoms with Gasteiger partial charge in [0, 0.05) is 41.3 Å². The number of imidazole rings is 2. The highest BCUT2D eigenvalue weighted by atomic mass is 32.1. The maximum Gasteiger partial charge on any atom is 0.407 e. The minimum Gasteiger partial charge on any atom is -0.453 e. The van der Waals surface area contributed by atoms with Gasteiger partial charge >= 0.3 is 12.2 Å². The third-order valence-corrected chi connectivity index (χ3v) is 11.8. The summed E-state index contributed by atoms with van der Waals surface area (Å²) in [6, 6.07) is 8.55. The number of benzene rings is 1. The smallest absolute Gasteiger partial charge is 0.407 e. The number of alkyl carbamates (subject to hydrolysis) is 2. The van der Waals surface area contributed by atoms with Crippen LogP contribution < -0.4 is 10.6 Å². The first-order valence-electron chi connectivity index (χ1n) is 19.1. The largest absolute Gasteiger partial charge is 0.453 e. The Kier molecular flexibility index (Phi) is 11.2. The number of amides is 4. The Morgan fingerprint density at radius 3 is 1.80 bits per heavy atom. The summed E-state index contributed by atoms with van der Waals surface area (Å²) in [5.74, 6) is 0.948. The van der Waals surface area contributed by atoms with Gasteiger partial charge in [-0.3, -0.25) is 9.59 Å². The van der Waals surface area contributed by atoms with E-state index in [2.05, 4.69) is 72.1 Å². The maximum atomic E-state index is 13.6. The molecule has 0 radical (unpaired) electrons. The SMILES string of the molecule is COC(=O)N[C@H](C(=O)N1CCCC1c1ncc(-c2csc3c2ccn3-c2ccc(-c3cnc([C@@H]4CCCN4C(=O)[C@@H](NC(=O)OC)C(C)C)[nH]3)cc2)[nH]1)C(C)C. The molecular weight excluding hydrogens is 735 g/mol. The highest BCUT2D eigenvalue weighted by Gasteiger charge is 2.39. The molecule has 4 aromatic heterocycles. The zero-order valence-electron chi connectivity index (χ0n) is 32.5. The van der Waals surface area contributed by atoms with Gasteiger partial charge in [0.15, 0.2) is 0 Å². The number of carbonyl (C=O) groups is 4. The summed E-state index contributed by atoms with van der Waals surface area (Å²) in [6.45, 7) is 8.79. The molecule has 0 spiro atoms. The van der Waals surface area contributed by atoms with Crippen LogP contribution in [-0.2, 0) is 19.1 Å². The van der Waals surface area contributed by atoms with E-state index < -0.39 is 24.3 Å². The van der Waals surface area contributed by atoms with Crippen LogP contribution in [0.15, 0.2) is 54.3 Å². The molecule has 2 fully saturated rings. The van der Waals surface area contributed by atoms with Crippen LogP contribution in [0.5, 0.6) is 0 Å². The van der Waals surface area contributed by atoms with Gasteiger partial charge in [-0.2, -0.15) is 0 Å². The molecule has 1 unspecified atom stereocenters. The third-order valence-electron chi connectivity index (χ3n) is 10.8. The molecular formula is C40H49N9O6S. The van der Waals surface area contributed by atoms with Crippen LogP contribution in [0.2, 0.25) is 0 Å². The Labute approximate surface area is 329 Å². The summed E-state index contributed by atoms with van der Waals surface area (Å²) < 4.78 is 11.7. The Hall–Kier alpha value is -5.64. The molecule has 4 amide bonds. The summed E-state index contributed by atoms with van der Waals surface area (Å²) in [6.07, 6.45) is 7.70. The van der Waals surface area contributed by atoms with E-state index in [1.807, 2.05) is 43.7 Å². The number of aromatic amines is 2. The molecule has 15 nitrogen and oxygen atoms in total. The number of hydrogen-bond donors (Lipinski definition) is 4. The predicted octanol–water partition coefficient (Wildman–Crippen LogP) is 6.56. The Bertz CT molecular complexity index is 2200. The number of hydrogen-bond acceptors (Lipinski definition) is 9. The molecule has 0 saturated carbocycles. The standard InChI is InChI=1S/C40H49N9O6S/c1-22(2)32(45-39(52)54-5)36(50)48-16-7-9-30(48)34-41-19-28(43-34)24-11-13-25(14-12-24)47-18-15-26-27(21-56-38(26)47)29-20-42-35(44-29)31-10-8-17-49(31)37(51)33(23(3)4)46-40(53)55-6/h11-15,18-23,30-33H,7-10,16-17H2,1-6H3,(H,41,43)(H,42,44)(H,45,52)(H,46,53)/t30-,31?,32-,33-/m0/s1. The summed E-state index contributed by atoms with van der Waals surface area (Å²) >= 11 is 1.65. The number of methoxy groups -OCH3 is 2. The molecule has 5 aromatic rings. The molecule has 7 rings (SSSR count). The molecule has 2 aliphatic heterocycles. The Balaban J connectivity index is 1.05. The van der Waals surface area contributed by atoms with Crippen LogP contribution >= 0.6 is 11.3 Å². The number of nitrogens with one attached hydrogen (secondary N) is 4. The van der Waals surface area contributed by atoms with Crippen LogP contribution in [0, 0.1) is 11.8 Å². The fourth-order valence-corrected chi connectivity index (χ4v) is 8.88. The lowest BCUT2D eigenvalue weighted by Gasteiger charge is -2.30. The number of aromatic nitrogens is 5. The van der Waals surface area contributed by atoms with Gasteiger partial charge in [0.25, 0.3) is 0 Å². The van der Waals surface area contributed by atoms with Crippen LogP contribution in [-0.4, -0.2) is 97.7 Å². The van der Waals surface area contributed by atoms with Gasteiger partial charge in [-0.1, -0.05) is 39.8 Å². The van der Waals surface area contributed by atoms with E-state index in [9.17, 15) is 19.2 Å². The fraction of sp³-hybridized carbons (Fsp3) is 0.450. The second-order valence-corrected chi connectivity index (χ2v) is 15.9. The second kappa shape index (κ2) is 16.2. The molecule has 6 heterocycles. The number of nitrogens with zero attached hydrogens (tertiary/aromatic N) is 5. The quantitative estimate of drug-likeness (QED) is 0.116. The zero-order valence-corrected chi connectivity index (χ0v) is 33.3. The van der Waals surface area contributed by atoms with E-state index >= 15 is 0 Å². The molecule has 1 aromatic carbocycles. The van der Waals surface area contributed by atoms with Crippen LogP contribution in [0.25, 0.3) is 38.4 Å². The van der Waals surface area contributed by atoms with Crippen molar-refractivity contribution in [2.45, 2.75) is 77.5 Å². The number of likely N-dealkylation sites (tertiary alicyclic amines) is 2. The Morgan fingerprint density at radius 1 is 0.768 bits per heavy atom. The van der Waals surface area contributed by atoms with E-state index in [1.54, 1.807) is 17.5 Å². The first kappa shape index (κ1) is 38.6. The minimum absolute atomic E-state index is 0.108. The lowest BCUT2D eigenvalue weighted by atomic mass is 10.0. The van der Waals surface area contributed by atoms with E-state index in [-0.39, 0.29) is 35.7 Å². The number of thiophene rings is 1. The predicted molar refractivity (Wildman–Crippen MR) is 212 cm³/mol. The van der Waals surface area contributed by atoms with Crippen molar-refractivity contribution in [3.63, 3.8) is 0 Å². The molecule has 2 aliphatic rings. The number of carbonyl (C=O) groups excluding carboxylic acids is 4. The lowest BCUT2D eigenvalue weighted by Crippen LogP contribution is -2.51. The second-order valence-electron chi connectivity index (χ2n) is 15.1. The minimum atomic E-state index is -0.693. The molecule has 16 heteroatoms. The van der Waals surface area contributed by atoms with Gasteiger partial charge in [0.05, 0.1) is 50.1 Å². The van der Waals surface area contributed by atoms with Gasteiger partial charge in [-0.15, -0.1) is 11.3 Å². The zero-order chi connectivity index (χ0) is 39.7. The van der Waals surface area contributed by atoms with Gasteiger partial charge in [0.2, 0.25) is 11.8 Å². The maximum absolute atomic E-state index is 13.6. The van der Waals surface area contributed by atoms with E-state index in [1.165, 1.54) is 14.2 Å². The van der Waals surface area contributed by atoms with E-state index in [0.717, 1.165) is 75.8 Å². The normalized spacial score (nSPS) is 18.1. The van der Waals surface area contributed by atoms with Crippen LogP contribution in [0.3, 0.4) is 0 Å². The summed E-state index contributed by atoms with van der Waals surface area (Å²) in [5, 5.41) is 8.61. The third kappa shape index (κ3) is 7.49. The monoisotopic (exact) mass is 783 g/mol. The van der Waals surface area contributed by atoms with Crippen molar-refractivity contribution in [2.75, 3.05) is 27.3 Å². The molecule has 0 aliphatic carbocycles. The molecule has 296 valence electrons. The molecule has 0 bridgehead atoms. The van der Waals surface area contributed by atoms with Crippen molar-refractivity contribution in [2.24, 2.45) is 11.8 Å². The van der Waals surface area contributed by atoms with Crippen molar-refractivity contribution in [3.05, 3.63) is 66.0 Å². The van der Waals surface area contributed by atoms with Crippen LogP contribution in [0.1, 0.15) is 77.1 Å². The summed E-state index contributed by atoms with van der Waals surface area (Å²) in [7, 11) is 2.58. The Morgan fingerprint density at radius 2 is 1.29 bits per heavy atom. The van der Waals surface area contributed by atoms with E-state index in [4.69, 9.17) is 14.5 Å². The van der Waals surface area contributed by atoms with Crippen LogP contribution in [0.4, 0.5) is 9.59 Å². The summed E-state index contributed by atoms with van der Waals surface area (Å²) in [5.41, 5.74) is 4.74. The number of fused-ring (bicyclic) bond motifs is 1. The molecule has 2 saturated heterocycles. The van der Waals surface area contributed by atoms with Gasteiger partial charge < -0.3 is 44.4 Å². The lowest BCUT2D eigenvalue weighted by molar-refractivity contribution is -0.136. The van der Waals surface area contributed by atoms with Crippen molar-refractivity contribution in [1.82, 2.24) is 44.9 Å². The fourth-order valence-electron chi connectivity index (χ4n) is 7.82. The number of rotatable bonds is 11. The topological polar surface area (TPSA) is 180 Å². The van der Waals surface area contributed by atoms with Crippen molar-refractivity contribution >= 4 is 45.6 Å². The van der Waals surface area contributed by atoms with Crippen molar-refractivity contribution in [3.8, 4) is 28.2 Å². The van der Waals surface area contributed by atoms with Gasteiger partial charge in [0.1, 0.15) is 28.6 Å².